The molecule has 4 heteroatoms. The van der Waals surface area contributed by atoms with Crippen molar-refractivity contribution in [1.82, 2.24) is 5.16 Å². The molecule has 4 rings (SSSR count). The zero-order valence-corrected chi connectivity index (χ0v) is 17.4. The molecule has 0 N–H and O–H groups in total. The topological polar surface area (TPSA) is 44.5 Å². The molecule has 1 aliphatic carbocycles. The van der Waals surface area contributed by atoms with Crippen LogP contribution in [0.25, 0.3) is 0 Å². The molecule has 4 nitrogen and oxygen atoms in total. The quantitative estimate of drug-likeness (QED) is 0.721. The summed E-state index contributed by atoms with van der Waals surface area (Å²) in [6, 6.07) is 4.48. The van der Waals surface area contributed by atoms with Crippen LogP contribution in [-0.4, -0.2) is 17.9 Å². The molecule has 1 aliphatic heterocycles. The number of benzene rings is 1. The molecular weight excluding hydrogens is 338 g/mol. The van der Waals surface area contributed by atoms with Crippen molar-refractivity contribution in [2.24, 2.45) is 5.92 Å². The first kappa shape index (κ1) is 18.4. The van der Waals surface area contributed by atoms with Crippen molar-refractivity contribution in [1.29, 1.82) is 0 Å². The monoisotopic (exact) mass is 369 g/mol. The maximum Gasteiger partial charge on any atom is 0.140 e. The molecule has 146 valence electrons. The van der Waals surface area contributed by atoms with E-state index in [-0.39, 0.29) is 11.0 Å². The summed E-state index contributed by atoms with van der Waals surface area (Å²) in [5.41, 5.74) is 3.54. The number of rotatable bonds is 4. The highest BCUT2D eigenvalue weighted by molar-refractivity contribution is 5.55. The minimum atomic E-state index is -0.245. The van der Waals surface area contributed by atoms with Gasteiger partial charge in [0.05, 0.1) is 13.3 Å². The predicted molar refractivity (Wildman–Crippen MR) is 106 cm³/mol. The fraction of sp³-hybridized carbons (Fsp3) is 0.609. The summed E-state index contributed by atoms with van der Waals surface area (Å²) in [4.78, 5) is 0. The van der Waals surface area contributed by atoms with Crippen LogP contribution in [-0.2, 0) is 18.3 Å². The Labute approximate surface area is 162 Å². The maximum absolute atomic E-state index is 6.61. The fourth-order valence-electron chi connectivity index (χ4n) is 5.11. The highest BCUT2D eigenvalue weighted by Gasteiger charge is 2.48. The smallest absolute Gasteiger partial charge is 0.140 e. The Morgan fingerprint density at radius 3 is 2.74 bits per heavy atom. The Balaban J connectivity index is 1.85. The van der Waals surface area contributed by atoms with Crippen molar-refractivity contribution < 1.29 is 14.0 Å². The van der Waals surface area contributed by atoms with Crippen molar-refractivity contribution in [2.75, 3.05) is 7.11 Å². The Kier molecular flexibility index (Phi) is 4.28. The van der Waals surface area contributed by atoms with Gasteiger partial charge in [-0.15, -0.1) is 0 Å². The van der Waals surface area contributed by atoms with E-state index < -0.39 is 0 Å². The third-order valence-corrected chi connectivity index (χ3v) is 6.68. The number of aromatic nitrogens is 1. The highest BCUT2D eigenvalue weighted by Crippen LogP contribution is 2.54. The van der Waals surface area contributed by atoms with Gasteiger partial charge in [0.15, 0.2) is 0 Å². The highest BCUT2D eigenvalue weighted by atomic mass is 16.5. The Hall–Kier alpha value is -1.97. The van der Waals surface area contributed by atoms with Crippen LogP contribution >= 0.6 is 0 Å². The Bertz CT molecular complexity index is 849. The third kappa shape index (κ3) is 2.94. The molecular formula is C23H31NO3. The fourth-order valence-corrected chi connectivity index (χ4v) is 5.11. The summed E-state index contributed by atoms with van der Waals surface area (Å²) >= 11 is 0. The summed E-state index contributed by atoms with van der Waals surface area (Å²) < 4.78 is 18.0. The van der Waals surface area contributed by atoms with Crippen LogP contribution in [0, 0.1) is 5.92 Å². The molecule has 0 unspecified atom stereocenters. The van der Waals surface area contributed by atoms with Crippen LogP contribution in [0.2, 0.25) is 0 Å². The summed E-state index contributed by atoms with van der Waals surface area (Å²) in [6.45, 7) is 11.3. The molecule has 0 radical (unpaired) electrons. The average Bonchev–Trinajstić information content (AvgIpc) is 3.06. The summed E-state index contributed by atoms with van der Waals surface area (Å²) in [5, 5.41) is 4.03. The van der Waals surface area contributed by atoms with Crippen LogP contribution in [0.15, 0.2) is 22.9 Å². The molecule has 0 saturated carbocycles. The van der Waals surface area contributed by atoms with Gasteiger partial charge in [-0.25, -0.2) is 0 Å². The van der Waals surface area contributed by atoms with Gasteiger partial charge >= 0.3 is 0 Å². The molecule has 2 atom stereocenters. The van der Waals surface area contributed by atoms with Crippen molar-refractivity contribution >= 4 is 0 Å². The number of hydrogen-bond donors (Lipinski definition) is 0. The molecule has 2 aromatic rings. The molecule has 0 fully saturated rings. The maximum atomic E-state index is 6.61. The van der Waals surface area contributed by atoms with E-state index in [9.17, 15) is 0 Å². The van der Waals surface area contributed by atoms with E-state index >= 15 is 0 Å². The lowest BCUT2D eigenvalue weighted by Crippen LogP contribution is -2.47. The summed E-state index contributed by atoms with van der Waals surface area (Å²) in [5.74, 6) is 3.63. The first-order valence-electron chi connectivity index (χ1n) is 10.1. The first-order valence-corrected chi connectivity index (χ1v) is 10.1. The Morgan fingerprint density at radius 2 is 2.04 bits per heavy atom. The molecule has 2 heterocycles. The second-order valence-electron chi connectivity index (χ2n) is 9.33. The lowest BCUT2D eigenvalue weighted by atomic mass is 9.66. The average molecular weight is 370 g/mol. The van der Waals surface area contributed by atoms with Gasteiger partial charge in [-0.05, 0) is 49.8 Å². The van der Waals surface area contributed by atoms with Gasteiger partial charge < -0.3 is 14.0 Å². The van der Waals surface area contributed by atoms with E-state index in [1.54, 1.807) is 7.11 Å². The number of ether oxygens (including phenoxy) is 2. The normalized spacial score (nSPS) is 23.0. The van der Waals surface area contributed by atoms with Gasteiger partial charge in [0.1, 0.15) is 22.9 Å². The summed E-state index contributed by atoms with van der Waals surface area (Å²) in [7, 11) is 1.77. The van der Waals surface area contributed by atoms with Crippen molar-refractivity contribution in [3.8, 4) is 11.5 Å². The van der Waals surface area contributed by atoms with Crippen LogP contribution in [0.1, 0.15) is 75.8 Å². The lowest BCUT2D eigenvalue weighted by molar-refractivity contribution is 0.00379. The van der Waals surface area contributed by atoms with Gasteiger partial charge in [-0.2, -0.15) is 0 Å². The summed E-state index contributed by atoms with van der Waals surface area (Å²) in [6.07, 6.45) is 5.93. The number of nitrogens with zero attached hydrogens (tertiary/aromatic N) is 1. The van der Waals surface area contributed by atoms with E-state index in [1.165, 1.54) is 16.7 Å². The molecule has 0 spiro atoms. The molecule has 0 bridgehead atoms. The van der Waals surface area contributed by atoms with Crippen LogP contribution in [0.3, 0.4) is 0 Å². The van der Waals surface area contributed by atoms with Crippen LogP contribution in [0.5, 0.6) is 11.5 Å². The predicted octanol–water partition coefficient (Wildman–Crippen LogP) is 5.43. The standard InChI is InChI=1S/C23H31NO3/c1-7-8-22(2,3)15-10-19(25-6)21-16-12-18-14(13-24-27-18)9-17(16)23(4,5)26-20(21)11-15/h10-11,13,16-17H,7-9,12H2,1-6H3/t16-,17-/m1/s1. The van der Waals surface area contributed by atoms with Crippen molar-refractivity contribution in [3.63, 3.8) is 0 Å². The largest absolute Gasteiger partial charge is 0.496 e. The number of methoxy groups -OCH3 is 1. The van der Waals surface area contributed by atoms with E-state index in [2.05, 4.69) is 51.9 Å². The SMILES string of the molecule is CCCC(C)(C)c1cc(OC)c2c(c1)OC(C)(C)[C@@H]1Cc3cnoc3C[C@@H]21. The van der Waals surface area contributed by atoms with Crippen LogP contribution in [0.4, 0.5) is 0 Å². The first-order chi connectivity index (χ1) is 12.8. The Morgan fingerprint density at radius 1 is 1.26 bits per heavy atom. The van der Waals surface area contributed by atoms with Crippen molar-refractivity contribution in [2.45, 2.75) is 77.2 Å². The number of fused-ring (bicyclic) bond motifs is 4. The van der Waals surface area contributed by atoms with Crippen LogP contribution < -0.4 is 9.47 Å². The van der Waals surface area contributed by atoms with Gasteiger partial charge in [-0.3, -0.25) is 0 Å². The van der Waals surface area contributed by atoms with E-state index in [1.807, 2.05) is 6.20 Å². The van der Waals surface area contributed by atoms with Gasteiger partial charge in [0.2, 0.25) is 0 Å². The lowest BCUT2D eigenvalue weighted by Gasteiger charge is -2.47. The molecule has 0 amide bonds. The van der Waals surface area contributed by atoms with Gasteiger partial charge in [-0.1, -0.05) is 32.3 Å². The second-order valence-corrected chi connectivity index (χ2v) is 9.33. The zero-order chi connectivity index (χ0) is 19.4. The zero-order valence-electron chi connectivity index (χ0n) is 17.4. The number of hydrogen-bond acceptors (Lipinski definition) is 4. The van der Waals surface area contributed by atoms with E-state index in [0.29, 0.717) is 11.8 Å². The van der Waals surface area contributed by atoms with Gasteiger partial charge in [0, 0.05) is 29.4 Å². The van der Waals surface area contributed by atoms with Gasteiger partial charge in [0.25, 0.3) is 0 Å². The third-order valence-electron chi connectivity index (χ3n) is 6.68. The molecule has 0 saturated heterocycles. The minimum absolute atomic E-state index is 0.0894. The van der Waals surface area contributed by atoms with E-state index in [4.69, 9.17) is 14.0 Å². The molecule has 1 aromatic carbocycles. The second kappa shape index (κ2) is 6.29. The van der Waals surface area contributed by atoms with E-state index in [0.717, 1.165) is 42.9 Å². The molecule has 27 heavy (non-hydrogen) atoms. The minimum Gasteiger partial charge on any atom is -0.496 e. The van der Waals surface area contributed by atoms with Crippen molar-refractivity contribution in [3.05, 3.63) is 40.8 Å². The molecule has 1 aromatic heterocycles. The molecule has 2 aliphatic rings.